The monoisotopic (exact) mass is 488 g/mol. The van der Waals surface area contributed by atoms with E-state index < -0.39 is 18.0 Å². The molecule has 5 nitrogen and oxygen atoms in total. The van der Waals surface area contributed by atoms with E-state index >= 15 is 0 Å². The second-order valence-electron chi connectivity index (χ2n) is 14.0. The molecule has 0 heterocycles. The Balaban J connectivity index is 1.71. The molecule has 0 radical (unpaired) electrons. The summed E-state index contributed by atoms with van der Waals surface area (Å²) in [6.45, 7) is 15.1. The number of carboxylic acids is 1. The average molecular weight is 489 g/mol. The maximum Gasteiger partial charge on any atom is 0.306 e. The number of carboxylic acid groups (broad SMARTS) is 1. The van der Waals surface area contributed by atoms with Gasteiger partial charge in [-0.15, -0.1) is 0 Å². The van der Waals surface area contributed by atoms with Gasteiger partial charge in [0.1, 0.15) is 5.78 Å². The van der Waals surface area contributed by atoms with E-state index in [2.05, 4.69) is 34.6 Å². The molecule has 0 saturated heterocycles. The molecule has 0 amide bonds. The largest absolute Gasteiger partial charge is 0.481 e. The molecule has 0 aromatic heterocycles. The fraction of sp³-hybridized carbons (Fsp3) is 0.867. The molecule has 0 aromatic carbocycles. The minimum Gasteiger partial charge on any atom is -0.481 e. The fourth-order valence-electron chi connectivity index (χ4n) is 9.54. The van der Waals surface area contributed by atoms with Crippen LogP contribution in [0.1, 0.15) is 106 Å². The molecule has 5 heteroatoms. The van der Waals surface area contributed by atoms with Crippen molar-refractivity contribution in [2.75, 3.05) is 0 Å². The zero-order valence-electron chi connectivity index (χ0n) is 23.0. The summed E-state index contributed by atoms with van der Waals surface area (Å²) in [5.41, 5.74) is 2.39. The summed E-state index contributed by atoms with van der Waals surface area (Å²) in [6.07, 6.45) is 5.86. The number of ketones is 1. The third kappa shape index (κ3) is 3.77. The predicted molar refractivity (Wildman–Crippen MR) is 137 cm³/mol. The molecule has 4 rings (SSSR count). The number of carbonyl (C=O) groups excluding carboxylic acids is 1. The SMILES string of the molecule is CC(C)C(=O)CC[C@H](C(=O)O)[C@H]1[C@H](O)C[C@@]2(C)C3=C(CC[C@]12C)[C@@]1(C)CC[C@@H](O)C(C)(C)[C@@H]1CC3. The van der Waals surface area contributed by atoms with E-state index in [0.29, 0.717) is 18.8 Å². The van der Waals surface area contributed by atoms with Crippen LogP contribution in [0.15, 0.2) is 11.1 Å². The van der Waals surface area contributed by atoms with E-state index in [1.165, 1.54) is 5.57 Å². The van der Waals surface area contributed by atoms with Crippen molar-refractivity contribution in [2.45, 2.75) is 118 Å². The number of rotatable bonds is 6. The molecule has 0 unspecified atom stereocenters. The maximum atomic E-state index is 12.5. The van der Waals surface area contributed by atoms with Gasteiger partial charge in [-0.05, 0) is 78.9 Å². The van der Waals surface area contributed by atoms with Crippen molar-refractivity contribution < 1.29 is 24.9 Å². The van der Waals surface area contributed by atoms with Crippen molar-refractivity contribution in [3.63, 3.8) is 0 Å². The molecule has 4 aliphatic carbocycles. The lowest BCUT2D eigenvalue weighted by Gasteiger charge is -2.62. The number of aliphatic hydroxyl groups excluding tert-OH is 2. The molecule has 8 atom stereocenters. The molecule has 0 aromatic rings. The average Bonchev–Trinajstić information content (AvgIpc) is 2.97. The van der Waals surface area contributed by atoms with E-state index in [4.69, 9.17) is 0 Å². The van der Waals surface area contributed by atoms with Crippen LogP contribution < -0.4 is 0 Å². The van der Waals surface area contributed by atoms with Gasteiger partial charge in [0.2, 0.25) is 0 Å². The Labute approximate surface area is 211 Å². The number of fused-ring (bicyclic) bond motifs is 4. The van der Waals surface area contributed by atoms with Crippen LogP contribution in [0.2, 0.25) is 0 Å². The van der Waals surface area contributed by atoms with Gasteiger partial charge in [0.25, 0.3) is 0 Å². The van der Waals surface area contributed by atoms with Crippen molar-refractivity contribution >= 4 is 11.8 Å². The lowest BCUT2D eigenvalue weighted by molar-refractivity contribution is -0.149. The number of allylic oxidation sites excluding steroid dienone is 2. The van der Waals surface area contributed by atoms with Gasteiger partial charge < -0.3 is 15.3 Å². The number of Topliss-reactive ketones (excluding diaryl/α,β-unsaturated/α-hetero) is 1. The van der Waals surface area contributed by atoms with Crippen LogP contribution in [-0.2, 0) is 9.59 Å². The molecule has 3 N–H and O–H groups in total. The summed E-state index contributed by atoms with van der Waals surface area (Å²) in [6, 6.07) is 0. The normalized spacial score (nSPS) is 43.4. The van der Waals surface area contributed by atoms with Gasteiger partial charge in [-0.3, -0.25) is 9.59 Å². The first-order valence-electron chi connectivity index (χ1n) is 14.0. The molecule has 198 valence electrons. The third-order valence-corrected chi connectivity index (χ3v) is 11.9. The van der Waals surface area contributed by atoms with E-state index in [1.54, 1.807) is 5.57 Å². The summed E-state index contributed by atoms with van der Waals surface area (Å²) in [5.74, 6) is -1.52. The molecular formula is C30H48O5. The van der Waals surface area contributed by atoms with Crippen LogP contribution in [0.5, 0.6) is 0 Å². The Morgan fingerprint density at radius 1 is 0.971 bits per heavy atom. The Morgan fingerprint density at radius 2 is 1.63 bits per heavy atom. The van der Waals surface area contributed by atoms with Crippen LogP contribution in [0.4, 0.5) is 0 Å². The molecule has 4 aliphatic rings. The van der Waals surface area contributed by atoms with Crippen LogP contribution in [0, 0.1) is 45.3 Å². The van der Waals surface area contributed by atoms with Gasteiger partial charge in [0.05, 0.1) is 18.1 Å². The summed E-state index contributed by atoms with van der Waals surface area (Å²) in [7, 11) is 0. The maximum absolute atomic E-state index is 12.5. The Kier molecular flexibility index (Phi) is 6.66. The lowest BCUT2D eigenvalue weighted by Crippen LogP contribution is -2.55. The topological polar surface area (TPSA) is 94.8 Å². The van der Waals surface area contributed by atoms with E-state index in [9.17, 15) is 24.9 Å². The van der Waals surface area contributed by atoms with Gasteiger partial charge in [-0.25, -0.2) is 0 Å². The van der Waals surface area contributed by atoms with Crippen molar-refractivity contribution in [3.8, 4) is 0 Å². The minimum atomic E-state index is -0.880. The fourth-order valence-corrected chi connectivity index (χ4v) is 9.54. The molecule has 35 heavy (non-hydrogen) atoms. The standard InChI is InChI=1S/C30H48O5/c1-17(2)21(31)10-8-18(26(34)35)25-22(32)16-30(7)20-9-11-23-27(3,4)24(33)13-14-28(23,5)19(20)12-15-29(25,30)6/h17-18,22-25,32-33H,8-16H2,1-7H3,(H,34,35)/t18-,22+,23-,24+,25-,28+,29+,30-/m0/s1. The number of carbonyl (C=O) groups is 2. The Hall–Kier alpha value is -1.20. The van der Waals surface area contributed by atoms with E-state index in [0.717, 1.165) is 38.5 Å². The molecule has 0 bridgehead atoms. The molecule has 0 spiro atoms. The Morgan fingerprint density at radius 3 is 2.23 bits per heavy atom. The van der Waals surface area contributed by atoms with Crippen LogP contribution in [-0.4, -0.2) is 39.3 Å². The summed E-state index contributed by atoms with van der Waals surface area (Å²) in [5, 5.41) is 32.5. The van der Waals surface area contributed by atoms with Gasteiger partial charge in [0, 0.05) is 18.3 Å². The highest BCUT2D eigenvalue weighted by Crippen LogP contribution is 2.72. The van der Waals surface area contributed by atoms with Crippen molar-refractivity contribution in [2.24, 2.45) is 45.3 Å². The van der Waals surface area contributed by atoms with Crippen molar-refractivity contribution in [1.29, 1.82) is 0 Å². The summed E-state index contributed by atoms with van der Waals surface area (Å²) < 4.78 is 0. The zero-order valence-corrected chi connectivity index (χ0v) is 23.0. The van der Waals surface area contributed by atoms with Gasteiger partial charge in [-0.1, -0.05) is 59.6 Å². The van der Waals surface area contributed by atoms with E-state index in [1.807, 2.05) is 13.8 Å². The highest BCUT2D eigenvalue weighted by molar-refractivity contribution is 5.81. The highest BCUT2D eigenvalue weighted by atomic mass is 16.4. The second kappa shape index (κ2) is 8.68. The second-order valence-corrected chi connectivity index (χ2v) is 14.0. The van der Waals surface area contributed by atoms with Crippen molar-refractivity contribution in [1.82, 2.24) is 0 Å². The van der Waals surface area contributed by atoms with Gasteiger partial charge in [-0.2, -0.15) is 0 Å². The number of aliphatic carboxylic acids is 1. The van der Waals surface area contributed by atoms with Crippen molar-refractivity contribution in [3.05, 3.63) is 11.1 Å². The molecule has 0 aliphatic heterocycles. The Bertz CT molecular complexity index is 918. The molecule has 2 saturated carbocycles. The minimum absolute atomic E-state index is 0.0551. The first-order valence-corrected chi connectivity index (χ1v) is 14.0. The number of hydrogen-bond acceptors (Lipinski definition) is 4. The first kappa shape index (κ1) is 26.9. The smallest absolute Gasteiger partial charge is 0.306 e. The van der Waals surface area contributed by atoms with E-state index in [-0.39, 0.29) is 51.8 Å². The number of aliphatic hydroxyl groups is 2. The van der Waals surface area contributed by atoms with Gasteiger partial charge >= 0.3 is 5.97 Å². The van der Waals surface area contributed by atoms with Crippen LogP contribution >= 0.6 is 0 Å². The quantitative estimate of drug-likeness (QED) is 0.412. The van der Waals surface area contributed by atoms with Crippen LogP contribution in [0.3, 0.4) is 0 Å². The number of hydrogen-bond donors (Lipinski definition) is 3. The zero-order chi connectivity index (χ0) is 26.1. The third-order valence-electron chi connectivity index (χ3n) is 11.9. The lowest BCUT2D eigenvalue weighted by atomic mass is 9.43. The molecular weight excluding hydrogens is 440 g/mol. The summed E-state index contributed by atoms with van der Waals surface area (Å²) in [4.78, 5) is 24.8. The molecule has 2 fully saturated rings. The van der Waals surface area contributed by atoms with Crippen LogP contribution in [0.25, 0.3) is 0 Å². The highest BCUT2D eigenvalue weighted by Gasteiger charge is 2.66. The first-order chi connectivity index (χ1) is 16.1. The predicted octanol–water partition coefficient (Wildman–Crippen LogP) is 5.77. The summed E-state index contributed by atoms with van der Waals surface area (Å²) >= 11 is 0. The van der Waals surface area contributed by atoms with Gasteiger partial charge in [0.15, 0.2) is 0 Å².